The van der Waals surface area contributed by atoms with Gasteiger partial charge in [-0.1, -0.05) is 24.6 Å². The van der Waals surface area contributed by atoms with Gasteiger partial charge in [0.2, 0.25) is 5.91 Å². The van der Waals surface area contributed by atoms with Crippen molar-refractivity contribution >= 4 is 5.91 Å². The fourth-order valence-electron chi connectivity index (χ4n) is 2.73. The molecular formula is C16H24N2O2. The van der Waals surface area contributed by atoms with Crippen LogP contribution in [0.3, 0.4) is 0 Å². The largest absolute Gasteiger partial charge is 0.494 e. The highest BCUT2D eigenvalue weighted by Gasteiger charge is 2.26. The Balaban J connectivity index is 1.61. The Kier molecular flexibility index (Phi) is 5.87. The Morgan fingerprint density at radius 3 is 2.85 bits per heavy atom. The number of hydrogen-bond donors (Lipinski definition) is 2. The lowest BCUT2D eigenvalue weighted by atomic mass is 10.0. The first kappa shape index (κ1) is 14.9. The van der Waals surface area contributed by atoms with E-state index in [0.29, 0.717) is 25.5 Å². The molecule has 1 aromatic carbocycles. The van der Waals surface area contributed by atoms with Crippen molar-refractivity contribution in [1.82, 2.24) is 5.32 Å². The fraction of sp³-hybridized carbons (Fsp3) is 0.562. The zero-order chi connectivity index (χ0) is 14.2. The number of benzene rings is 1. The molecule has 4 nitrogen and oxygen atoms in total. The Bertz CT molecular complexity index is 408. The van der Waals surface area contributed by atoms with Gasteiger partial charge in [0.05, 0.1) is 6.61 Å². The standard InChI is InChI=1S/C16H24N2O2/c17-12-13-6-4-9-15(13)18-16(19)10-5-11-20-14-7-2-1-3-8-14/h1-3,7-8,13,15H,4-6,9-12,17H2,(H,18,19). The second-order valence-electron chi connectivity index (χ2n) is 5.37. The number of carbonyl (C=O) groups excluding carboxylic acids is 1. The van der Waals surface area contributed by atoms with Gasteiger partial charge in [0, 0.05) is 12.5 Å². The molecule has 110 valence electrons. The summed E-state index contributed by atoms with van der Waals surface area (Å²) < 4.78 is 5.57. The highest BCUT2D eigenvalue weighted by Crippen LogP contribution is 2.24. The van der Waals surface area contributed by atoms with Gasteiger partial charge in [-0.25, -0.2) is 0 Å². The zero-order valence-electron chi connectivity index (χ0n) is 11.9. The van der Waals surface area contributed by atoms with Crippen LogP contribution in [0.1, 0.15) is 32.1 Å². The van der Waals surface area contributed by atoms with E-state index in [1.54, 1.807) is 0 Å². The van der Waals surface area contributed by atoms with Crippen LogP contribution < -0.4 is 15.8 Å². The van der Waals surface area contributed by atoms with Crippen molar-refractivity contribution in [1.29, 1.82) is 0 Å². The second kappa shape index (κ2) is 7.90. The van der Waals surface area contributed by atoms with Gasteiger partial charge < -0.3 is 15.8 Å². The van der Waals surface area contributed by atoms with Crippen LogP contribution >= 0.6 is 0 Å². The molecule has 1 aliphatic carbocycles. The van der Waals surface area contributed by atoms with E-state index in [4.69, 9.17) is 10.5 Å². The third-order valence-electron chi connectivity index (χ3n) is 3.87. The lowest BCUT2D eigenvalue weighted by Gasteiger charge is -2.19. The maximum atomic E-state index is 11.9. The molecule has 0 radical (unpaired) electrons. The van der Waals surface area contributed by atoms with Crippen molar-refractivity contribution in [2.24, 2.45) is 11.7 Å². The Morgan fingerprint density at radius 1 is 1.30 bits per heavy atom. The number of rotatable bonds is 7. The molecule has 20 heavy (non-hydrogen) atoms. The highest BCUT2D eigenvalue weighted by molar-refractivity contribution is 5.76. The summed E-state index contributed by atoms with van der Waals surface area (Å²) in [6.07, 6.45) is 4.62. The normalized spacial score (nSPS) is 21.6. The molecule has 0 saturated heterocycles. The maximum Gasteiger partial charge on any atom is 0.220 e. The summed E-state index contributed by atoms with van der Waals surface area (Å²) in [5.74, 6) is 1.43. The van der Waals surface area contributed by atoms with Crippen molar-refractivity contribution < 1.29 is 9.53 Å². The molecule has 2 unspecified atom stereocenters. The average Bonchev–Trinajstić information content (AvgIpc) is 2.92. The molecule has 1 amide bonds. The zero-order valence-corrected chi connectivity index (χ0v) is 11.9. The minimum atomic E-state index is 0.118. The van der Waals surface area contributed by atoms with Crippen molar-refractivity contribution in [2.75, 3.05) is 13.2 Å². The van der Waals surface area contributed by atoms with Crippen LogP contribution in [0.2, 0.25) is 0 Å². The molecule has 0 aromatic heterocycles. The average molecular weight is 276 g/mol. The van der Waals surface area contributed by atoms with Crippen LogP contribution in [0.5, 0.6) is 5.75 Å². The number of ether oxygens (including phenoxy) is 1. The molecule has 4 heteroatoms. The topological polar surface area (TPSA) is 64.3 Å². The van der Waals surface area contributed by atoms with E-state index in [1.165, 1.54) is 6.42 Å². The lowest BCUT2D eigenvalue weighted by Crippen LogP contribution is -2.39. The van der Waals surface area contributed by atoms with Crippen molar-refractivity contribution in [3.05, 3.63) is 30.3 Å². The second-order valence-corrected chi connectivity index (χ2v) is 5.37. The van der Waals surface area contributed by atoms with Crippen LogP contribution in [0.15, 0.2) is 30.3 Å². The Hall–Kier alpha value is -1.55. The van der Waals surface area contributed by atoms with Gasteiger partial charge in [0.1, 0.15) is 5.75 Å². The van der Waals surface area contributed by atoms with Gasteiger partial charge in [0.15, 0.2) is 0 Å². The first-order valence-electron chi connectivity index (χ1n) is 7.47. The summed E-state index contributed by atoms with van der Waals surface area (Å²) >= 11 is 0. The summed E-state index contributed by atoms with van der Waals surface area (Å²) in [6, 6.07) is 9.96. The molecule has 2 atom stereocenters. The Labute approximate surface area is 120 Å². The van der Waals surface area contributed by atoms with E-state index in [2.05, 4.69) is 5.32 Å². The van der Waals surface area contributed by atoms with E-state index in [1.807, 2.05) is 30.3 Å². The molecular weight excluding hydrogens is 252 g/mol. The molecule has 1 saturated carbocycles. The maximum absolute atomic E-state index is 11.9. The first-order chi connectivity index (χ1) is 9.79. The molecule has 0 aliphatic heterocycles. The van der Waals surface area contributed by atoms with E-state index in [9.17, 15) is 4.79 Å². The van der Waals surface area contributed by atoms with Crippen LogP contribution in [0, 0.1) is 5.92 Å². The summed E-state index contributed by atoms with van der Waals surface area (Å²) in [5.41, 5.74) is 5.71. The predicted molar refractivity (Wildman–Crippen MR) is 79.5 cm³/mol. The van der Waals surface area contributed by atoms with Gasteiger partial charge in [-0.15, -0.1) is 0 Å². The quantitative estimate of drug-likeness (QED) is 0.750. The SMILES string of the molecule is NCC1CCCC1NC(=O)CCCOc1ccccc1. The van der Waals surface area contributed by atoms with E-state index in [-0.39, 0.29) is 11.9 Å². The van der Waals surface area contributed by atoms with Crippen molar-refractivity contribution in [3.8, 4) is 5.75 Å². The van der Waals surface area contributed by atoms with Gasteiger partial charge in [-0.05, 0) is 43.9 Å². The molecule has 3 N–H and O–H groups in total. The van der Waals surface area contributed by atoms with Gasteiger partial charge in [-0.2, -0.15) is 0 Å². The minimum absolute atomic E-state index is 0.118. The van der Waals surface area contributed by atoms with E-state index < -0.39 is 0 Å². The highest BCUT2D eigenvalue weighted by atomic mass is 16.5. The molecule has 0 spiro atoms. The van der Waals surface area contributed by atoms with E-state index in [0.717, 1.165) is 25.0 Å². The first-order valence-corrected chi connectivity index (χ1v) is 7.47. The van der Waals surface area contributed by atoms with Gasteiger partial charge >= 0.3 is 0 Å². The Morgan fingerprint density at radius 2 is 2.10 bits per heavy atom. The molecule has 1 aliphatic rings. The summed E-state index contributed by atoms with van der Waals surface area (Å²) in [7, 11) is 0. The molecule has 1 aromatic rings. The summed E-state index contributed by atoms with van der Waals surface area (Å²) in [4.78, 5) is 11.9. The monoisotopic (exact) mass is 276 g/mol. The van der Waals surface area contributed by atoms with Crippen LogP contribution in [0.25, 0.3) is 0 Å². The minimum Gasteiger partial charge on any atom is -0.494 e. The number of hydrogen-bond acceptors (Lipinski definition) is 3. The predicted octanol–water partition coefficient (Wildman–Crippen LogP) is 2.09. The lowest BCUT2D eigenvalue weighted by molar-refractivity contribution is -0.122. The third-order valence-corrected chi connectivity index (χ3v) is 3.87. The number of nitrogens with two attached hydrogens (primary N) is 1. The van der Waals surface area contributed by atoms with Crippen LogP contribution in [0.4, 0.5) is 0 Å². The summed E-state index contributed by atoms with van der Waals surface area (Å²) in [6.45, 7) is 1.24. The smallest absolute Gasteiger partial charge is 0.220 e. The molecule has 0 bridgehead atoms. The van der Waals surface area contributed by atoms with Crippen LogP contribution in [-0.2, 0) is 4.79 Å². The molecule has 2 rings (SSSR count). The number of amides is 1. The van der Waals surface area contributed by atoms with Gasteiger partial charge in [-0.3, -0.25) is 4.79 Å². The van der Waals surface area contributed by atoms with Crippen LogP contribution in [-0.4, -0.2) is 25.1 Å². The fourth-order valence-corrected chi connectivity index (χ4v) is 2.73. The molecule has 1 fully saturated rings. The van der Waals surface area contributed by atoms with Crippen molar-refractivity contribution in [2.45, 2.75) is 38.1 Å². The summed E-state index contributed by atoms with van der Waals surface area (Å²) in [5, 5.41) is 3.10. The number of para-hydroxylation sites is 1. The molecule has 0 heterocycles. The third kappa shape index (κ3) is 4.53. The van der Waals surface area contributed by atoms with Crippen molar-refractivity contribution in [3.63, 3.8) is 0 Å². The van der Waals surface area contributed by atoms with E-state index >= 15 is 0 Å². The van der Waals surface area contributed by atoms with Gasteiger partial charge in [0.25, 0.3) is 0 Å². The number of nitrogens with one attached hydrogen (secondary N) is 1. The number of carbonyl (C=O) groups is 1.